The molecule has 3 rings (SSSR count). The number of rotatable bonds is 7. The normalized spacial score (nSPS) is 12.3. The van der Waals surface area contributed by atoms with Crippen molar-refractivity contribution in [2.45, 2.75) is 19.5 Å². The van der Waals surface area contributed by atoms with Gasteiger partial charge in [0.2, 0.25) is 10.0 Å². The molecule has 1 N–H and O–H groups in total. The molecule has 0 aliphatic rings. The molecule has 0 fully saturated rings. The summed E-state index contributed by atoms with van der Waals surface area (Å²) in [5.74, 6) is -0.614. The quantitative estimate of drug-likeness (QED) is 0.543. The molecular formula is C23H22ClFN2O3S. The van der Waals surface area contributed by atoms with Gasteiger partial charge in [-0.1, -0.05) is 41.9 Å². The van der Waals surface area contributed by atoms with Gasteiger partial charge in [-0.3, -0.25) is 9.10 Å². The Balaban J connectivity index is 1.72. The van der Waals surface area contributed by atoms with Gasteiger partial charge in [-0.05, 0) is 60.5 Å². The molecule has 5 nitrogen and oxygen atoms in total. The summed E-state index contributed by atoms with van der Waals surface area (Å²) in [4.78, 5) is 12.5. The monoisotopic (exact) mass is 460 g/mol. The van der Waals surface area contributed by atoms with Crippen LogP contribution < -0.4 is 9.62 Å². The van der Waals surface area contributed by atoms with Gasteiger partial charge < -0.3 is 5.32 Å². The summed E-state index contributed by atoms with van der Waals surface area (Å²) in [6, 6.07) is 19.0. The van der Waals surface area contributed by atoms with Gasteiger partial charge in [-0.15, -0.1) is 0 Å². The number of carbonyl (C=O) groups is 1. The third-order valence-corrected chi connectivity index (χ3v) is 6.13. The summed E-state index contributed by atoms with van der Waals surface area (Å²) in [5, 5.41) is 3.30. The van der Waals surface area contributed by atoms with Crippen LogP contribution in [0.25, 0.3) is 0 Å². The second kappa shape index (κ2) is 9.49. The minimum absolute atomic E-state index is 0.104. The third kappa shape index (κ3) is 6.06. The van der Waals surface area contributed by atoms with Crippen LogP contribution in [0, 0.1) is 5.82 Å². The number of hydrogen-bond donors (Lipinski definition) is 1. The van der Waals surface area contributed by atoms with E-state index in [-0.39, 0.29) is 24.3 Å². The van der Waals surface area contributed by atoms with E-state index in [4.69, 9.17) is 11.6 Å². The number of nitrogens with one attached hydrogen (secondary N) is 1. The van der Waals surface area contributed by atoms with Gasteiger partial charge in [-0.25, -0.2) is 12.8 Å². The number of nitrogens with zero attached hydrogens (tertiary/aromatic N) is 1. The van der Waals surface area contributed by atoms with Crippen LogP contribution in [-0.2, 0) is 16.6 Å². The summed E-state index contributed by atoms with van der Waals surface area (Å²) >= 11 is 6.01. The number of halogens is 2. The van der Waals surface area contributed by atoms with Crippen LogP contribution in [0.1, 0.15) is 34.5 Å². The van der Waals surface area contributed by atoms with Gasteiger partial charge in [0, 0.05) is 10.6 Å². The van der Waals surface area contributed by atoms with E-state index in [2.05, 4.69) is 5.32 Å². The van der Waals surface area contributed by atoms with Crippen molar-refractivity contribution in [3.05, 3.63) is 100 Å². The van der Waals surface area contributed by atoms with Crippen molar-refractivity contribution in [3.63, 3.8) is 0 Å². The van der Waals surface area contributed by atoms with E-state index < -0.39 is 10.0 Å². The molecular weight excluding hydrogens is 439 g/mol. The number of benzene rings is 3. The fourth-order valence-corrected chi connectivity index (χ4v) is 4.14. The fourth-order valence-electron chi connectivity index (χ4n) is 3.07. The molecule has 162 valence electrons. The lowest BCUT2D eigenvalue weighted by atomic mass is 10.1. The van der Waals surface area contributed by atoms with Gasteiger partial charge in [0.1, 0.15) is 5.82 Å². The van der Waals surface area contributed by atoms with E-state index >= 15 is 0 Å². The molecule has 3 aromatic rings. The molecule has 0 aromatic heterocycles. The topological polar surface area (TPSA) is 66.5 Å². The molecule has 0 aliphatic carbocycles. The number of anilines is 1. The maximum Gasteiger partial charge on any atom is 0.251 e. The van der Waals surface area contributed by atoms with Gasteiger partial charge in [0.25, 0.3) is 5.91 Å². The molecule has 0 heterocycles. The second-order valence-corrected chi connectivity index (χ2v) is 9.54. The molecule has 0 saturated heterocycles. The molecule has 0 bridgehead atoms. The van der Waals surface area contributed by atoms with Crippen LogP contribution in [0.5, 0.6) is 0 Å². The van der Waals surface area contributed by atoms with Crippen molar-refractivity contribution in [2.24, 2.45) is 0 Å². The summed E-state index contributed by atoms with van der Waals surface area (Å²) in [6.07, 6.45) is 1.13. The Morgan fingerprint density at radius 3 is 2.29 bits per heavy atom. The average Bonchev–Trinajstić information content (AvgIpc) is 2.72. The fraction of sp³-hybridized carbons (Fsp3) is 0.174. The highest BCUT2D eigenvalue weighted by Crippen LogP contribution is 2.24. The zero-order chi connectivity index (χ0) is 22.6. The lowest BCUT2D eigenvalue weighted by Crippen LogP contribution is -2.29. The van der Waals surface area contributed by atoms with Crippen LogP contribution in [0.4, 0.5) is 10.1 Å². The zero-order valence-corrected chi connectivity index (χ0v) is 18.6. The Morgan fingerprint density at radius 2 is 1.71 bits per heavy atom. The molecule has 8 heteroatoms. The number of hydrogen-bond acceptors (Lipinski definition) is 3. The predicted molar refractivity (Wildman–Crippen MR) is 121 cm³/mol. The largest absolute Gasteiger partial charge is 0.346 e. The van der Waals surface area contributed by atoms with E-state index in [0.717, 1.165) is 11.8 Å². The van der Waals surface area contributed by atoms with E-state index in [1.807, 2.05) is 6.92 Å². The molecule has 1 atom stereocenters. The summed E-state index contributed by atoms with van der Waals surface area (Å²) in [5.41, 5.74) is 2.40. The first-order valence-corrected chi connectivity index (χ1v) is 11.7. The molecule has 0 saturated carbocycles. The van der Waals surface area contributed by atoms with Crippen molar-refractivity contribution < 1.29 is 17.6 Å². The standard InChI is InChI=1S/C23H22ClFN2O3S/c1-16(18-10-12-21(25)13-11-18)26-23(28)19-8-6-17(7-9-19)15-27(31(2,29)30)22-5-3-4-20(24)14-22/h3-14,16H,15H2,1-2H3,(H,26,28)/t16-/m0/s1. The lowest BCUT2D eigenvalue weighted by Gasteiger charge is -2.23. The first kappa shape index (κ1) is 22.8. The molecule has 3 aromatic carbocycles. The Morgan fingerprint density at radius 1 is 1.06 bits per heavy atom. The molecule has 0 radical (unpaired) electrons. The van der Waals surface area contributed by atoms with Crippen LogP contribution >= 0.6 is 11.6 Å². The van der Waals surface area contributed by atoms with Crippen LogP contribution in [-0.4, -0.2) is 20.6 Å². The Kier molecular flexibility index (Phi) is 6.97. The van der Waals surface area contributed by atoms with Crippen molar-refractivity contribution in [1.29, 1.82) is 0 Å². The highest BCUT2D eigenvalue weighted by molar-refractivity contribution is 7.92. The van der Waals surface area contributed by atoms with Crippen molar-refractivity contribution in [3.8, 4) is 0 Å². The van der Waals surface area contributed by atoms with Crippen LogP contribution in [0.2, 0.25) is 5.02 Å². The van der Waals surface area contributed by atoms with Gasteiger partial charge >= 0.3 is 0 Å². The average molecular weight is 461 g/mol. The van der Waals surface area contributed by atoms with Crippen molar-refractivity contribution in [1.82, 2.24) is 5.32 Å². The zero-order valence-electron chi connectivity index (χ0n) is 17.0. The summed E-state index contributed by atoms with van der Waals surface area (Å²) < 4.78 is 38.9. The number of carbonyl (C=O) groups excluding carboxylic acids is 1. The second-order valence-electron chi connectivity index (χ2n) is 7.19. The summed E-state index contributed by atoms with van der Waals surface area (Å²) in [7, 11) is -3.54. The minimum atomic E-state index is -3.54. The van der Waals surface area contributed by atoms with Gasteiger partial charge in [0.15, 0.2) is 0 Å². The van der Waals surface area contributed by atoms with E-state index in [0.29, 0.717) is 21.8 Å². The highest BCUT2D eigenvalue weighted by atomic mass is 35.5. The van der Waals surface area contributed by atoms with Gasteiger partial charge in [-0.2, -0.15) is 0 Å². The Labute approximate surface area is 186 Å². The number of amides is 1. The van der Waals surface area contributed by atoms with Crippen LogP contribution in [0.15, 0.2) is 72.8 Å². The maximum absolute atomic E-state index is 13.1. The third-order valence-electron chi connectivity index (χ3n) is 4.76. The minimum Gasteiger partial charge on any atom is -0.346 e. The highest BCUT2D eigenvalue weighted by Gasteiger charge is 2.19. The SMILES string of the molecule is C[C@H](NC(=O)c1ccc(CN(c2cccc(Cl)c2)S(C)(=O)=O)cc1)c1ccc(F)cc1. The van der Waals surface area contributed by atoms with Crippen molar-refractivity contribution >= 4 is 33.2 Å². The first-order chi connectivity index (χ1) is 14.6. The van der Waals surface area contributed by atoms with E-state index in [1.165, 1.54) is 16.4 Å². The van der Waals surface area contributed by atoms with Gasteiger partial charge in [0.05, 0.1) is 24.5 Å². The molecule has 0 spiro atoms. The molecule has 31 heavy (non-hydrogen) atoms. The Bertz CT molecular complexity index is 1170. The van der Waals surface area contributed by atoms with E-state index in [9.17, 15) is 17.6 Å². The predicted octanol–water partition coefficient (Wildman–Crippen LogP) is 4.94. The smallest absolute Gasteiger partial charge is 0.251 e. The maximum atomic E-state index is 13.1. The first-order valence-electron chi connectivity index (χ1n) is 9.52. The Hall–Kier alpha value is -2.90. The summed E-state index contributed by atoms with van der Waals surface area (Å²) in [6.45, 7) is 1.92. The molecule has 0 aliphatic heterocycles. The van der Waals surface area contributed by atoms with E-state index in [1.54, 1.807) is 60.7 Å². The number of sulfonamides is 1. The van der Waals surface area contributed by atoms with Crippen molar-refractivity contribution in [2.75, 3.05) is 10.6 Å². The lowest BCUT2D eigenvalue weighted by molar-refractivity contribution is 0.0940. The molecule has 0 unspecified atom stereocenters. The van der Waals surface area contributed by atoms with Crippen LogP contribution in [0.3, 0.4) is 0 Å². The molecule has 1 amide bonds.